The van der Waals surface area contributed by atoms with Gasteiger partial charge in [-0.25, -0.2) is 0 Å². The van der Waals surface area contributed by atoms with Crippen molar-refractivity contribution in [1.29, 1.82) is 0 Å². The third-order valence-electron chi connectivity index (χ3n) is 4.23. The minimum atomic E-state index is 0.228. The first-order chi connectivity index (χ1) is 9.65. The smallest absolute Gasteiger partial charge is 0.225 e. The molecular weight excluding hydrogens is 290 g/mol. The number of likely N-dealkylation sites (tertiary alicyclic amines) is 1. The third kappa shape index (κ3) is 3.86. The molecule has 114 valence electrons. The maximum absolute atomic E-state index is 12.3. The fourth-order valence-electron chi connectivity index (χ4n) is 2.91. The van der Waals surface area contributed by atoms with Crippen LogP contribution in [0.25, 0.3) is 0 Å². The van der Waals surface area contributed by atoms with Crippen molar-refractivity contribution in [2.45, 2.75) is 26.7 Å². The van der Waals surface area contributed by atoms with Crippen LogP contribution in [-0.4, -0.2) is 70.1 Å². The summed E-state index contributed by atoms with van der Waals surface area (Å²) in [6.45, 7) is 9.82. The normalized spacial score (nSPS) is 21.5. The molecule has 6 heteroatoms. The van der Waals surface area contributed by atoms with E-state index in [1.165, 1.54) is 0 Å². The Labute approximate surface area is 131 Å². The second-order valence-electron chi connectivity index (χ2n) is 5.42. The lowest BCUT2D eigenvalue weighted by Gasteiger charge is -2.35. The van der Waals surface area contributed by atoms with E-state index in [2.05, 4.69) is 23.6 Å². The lowest BCUT2D eigenvalue weighted by molar-refractivity contribution is -0.136. The zero-order valence-electron chi connectivity index (χ0n) is 12.5. The standard InChI is InChI=1S/C14H25N3OS2/c1-3-16(4-2)13(18)12-5-7-15(8-6-12)11-17-9-10-20-14(17)19/h12H,3-11H2,1-2H3. The van der Waals surface area contributed by atoms with Crippen LogP contribution < -0.4 is 0 Å². The largest absolute Gasteiger partial charge is 0.344 e. The molecule has 1 amide bonds. The number of piperidine rings is 1. The van der Waals surface area contributed by atoms with Crippen molar-refractivity contribution in [1.82, 2.24) is 14.7 Å². The average molecular weight is 316 g/mol. The number of amides is 1. The van der Waals surface area contributed by atoms with Gasteiger partial charge >= 0.3 is 0 Å². The summed E-state index contributed by atoms with van der Waals surface area (Å²) < 4.78 is 1.03. The molecule has 2 aliphatic rings. The summed E-state index contributed by atoms with van der Waals surface area (Å²) in [5.74, 6) is 1.70. The number of thiocarbonyl (C=S) groups is 1. The van der Waals surface area contributed by atoms with E-state index in [0.29, 0.717) is 5.91 Å². The van der Waals surface area contributed by atoms with Gasteiger partial charge in [0.15, 0.2) is 0 Å². The Bertz CT molecular complexity index is 352. The van der Waals surface area contributed by atoms with Gasteiger partial charge in [0.1, 0.15) is 4.32 Å². The summed E-state index contributed by atoms with van der Waals surface area (Å²) in [6.07, 6.45) is 1.98. The molecule has 20 heavy (non-hydrogen) atoms. The average Bonchev–Trinajstić information content (AvgIpc) is 2.86. The zero-order chi connectivity index (χ0) is 14.5. The minimum absolute atomic E-state index is 0.228. The SMILES string of the molecule is CCN(CC)C(=O)C1CCN(CN2CCSC2=S)CC1. The van der Waals surface area contributed by atoms with Crippen LogP contribution in [0.3, 0.4) is 0 Å². The topological polar surface area (TPSA) is 26.8 Å². The first-order valence-electron chi connectivity index (χ1n) is 7.58. The summed E-state index contributed by atoms with van der Waals surface area (Å²) in [5.41, 5.74) is 0. The van der Waals surface area contributed by atoms with Gasteiger partial charge in [0, 0.05) is 44.4 Å². The van der Waals surface area contributed by atoms with Gasteiger partial charge < -0.3 is 9.80 Å². The summed E-state index contributed by atoms with van der Waals surface area (Å²) >= 11 is 7.12. The molecule has 2 saturated heterocycles. The molecule has 0 N–H and O–H groups in total. The summed E-state index contributed by atoms with van der Waals surface area (Å²) in [6, 6.07) is 0. The number of hydrogen-bond donors (Lipinski definition) is 0. The van der Waals surface area contributed by atoms with Crippen LogP contribution >= 0.6 is 24.0 Å². The van der Waals surface area contributed by atoms with E-state index in [0.717, 1.165) is 62.3 Å². The van der Waals surface area contributed by atoms with Gasteiger partial charge in [0.2, 0.25) is 5.91 Å². The van der Waals surface area contributed by atoms with Crippen LogP contribution in [0, 0.1) is 5.92 Å². The predicted octanol–water partition coefficient (Wildman–Crippen LogP) is 1.86. The van der Waals surface area contributed by atoms with E-state index in [4.69, 9.17) is 12.2 Å². The highest BCUT2D eigenvalue weighted by molar-refractivity contribution is 8.23. The second kappa shape index (κ2) is 7.61. The third-order valence-corrected chi connectivity index (χ3v) is 5.73. The van der Waals surface area contributed by atoms with Crippen molar-refractivity contribution in [3.63, 3.8) is 0 Å². The van der Waals surface area contributed by atoms with Gasteiger partial charge in [-0.1, -0.05) is 24.0 Å². The number of nitrogens with zero attached hydrogens (tertiary/aromatic N) is 3. The highest BCUT2D eigenvalue weighted by Crippen LogP contribution is 2.22. The Morgan fingerprint density at radius 2 is 1.95 bits per heavy atom. The molecule has 2 heterocycles. The Morgan fingerprint density at radius 1 is 1.30 bits per heavy atom. The first kappa shape index (κ1) is 16.0. The van der Waals surface area contributed by atoms with E-state index < -0.39 is 0 Å². The lowest BCUT2D eigenvalue weighted by atomic mass is 9.95. The second-order valence-corrected chi connectivity index (χ2v) is 7.15. The van der Waals surface area contributed by atoms with Crippen molar-refractivity contribution in [2.24, 2.45) is 5.92 Å². The van der Waals surface area contributed by atoms with Crippen LogP contribution in [0.4, 0.5) is 0 Å². The van der Waals surface area contributed by atoms with E-state index in [1.807, 2.05) is 4.90 Å². The predicted molar refractivity (Wildman–Crippen MR) is 88.9 cm³/mol. The molecule has 2 aliphatic heterocycles. The molecule has 0 saturated carbocycles. The Morgan fingerprint density at radius 3 is 2.45 bits per heavy atom. The van der Waals surface area contributed by atoms with Crippen LogP contribution in [0.1, 0.15) is 26.7 Å². The van der Waals surface area contributed by atoms with Crippen molar-refractivity contribution in [3.05, 3.63) is 0 Å². The van der Waals surface area contributed by atoms with Gasteiger partial charge in [-0.15, -0.1) is 0 Å². The van der Waals surface area contributed by atoms with E-state index in [1.54, 1.807) is 11.8 Å². The number of thioether (sulfide) groups is 1. The maximum atomic E-state index is 12.3. The van der Waals surface area contributed by atoms with Crippen molar-refractivity contribution >= 4 is 34.2 Å². The van der Waals surface area contributed by atoms with Gasteiger partial charge in [-0.05, 0) is 26.7 Å². The minimum Gasteiger partial charge on any atom is -0.344 e. The van der Waals surface area contributed by atoms with Crippen LogP contribution in [0.15, 0.2) is 0 Å². The highest BCUT2D eigenvalue weighted by Gasteiger charge is 2.29. The van der Waals surface area contributed by atoms with E-state index >= 15 is 0 Å². The van der Waals surface area contributed by atoms with Gasteiger partial charge in [-0.3, -0.25) is 9.69 Å². The Hall–Kier alpha value is -0.330. The maximum Gasteiger partial charge on any atom is 0.225 e. The lowest BCUT2D eigenvalue weighted by Crippen LogP contribution is -2.46. The molecular formula is C14H25N3OS2. The molecule has 0 unspecified atom stereocenters. The molecule has 4 nitrogen and oxygen atoms in total. The summed E-state index contributed by atoms with van der Waals surface area (Å²) in [7, 11) is 0. The number of hydrogen-bond acceptors (Lipinski definition) is 4. The highest BCUT2D eigenvalue weighted by atomic mass is 32.2. The molecule has 0 bridgehead atoms. The first-order valence-corrected chi connectivity index (χ1v) is 8.98. The molecule has 0 spiro atoms. The van der Waals surface area contributed by atoms with Gasteiger partial charge in [-0.2, -0.15) is 0 Å². The fourth-order valence-corrected chi connectivity index (χ4v) is 4.13. The zero-order valence-corrected chi connectivity index (χ0v) is 14.1. The number of carbonyl (C=O) groups is 1. The molecule has 2 rings (SSSR count). The number of rotatable bonds is 5. The van der Waals surface area contributed by atoms with E-state index in [9.17, 15) is 4.79 Å². The van der Waals surface area contributed by atoms with E-state index in [-0.39, 0.29) is 5.92 Å². The van der Waals surface area contributed by atoms with Crippen molar-refractivity contribution in [2.75, 3.05) is 45.1 Å². The quantitative estimate of drug-likeness (QED) is 0.722. The van der Waals surface area contributed by atoms with Crippen molar-refractivity contribution in [3.8, 4) is 0 Å². The summed E-state index contributed by atoms with van der Waals surface area (Å²) in [4.78, 5) is 19.0. The molecule has 0 aromatic rings. The van der Waals surface area contributed by atoms with Crippen LogP contribution in [0.2, 0.25) is 0 Å². The number of carbonyl (C=O) groups excluding carboxylic acids is 1. The van der Waals surface area contributed by atoms with Gasteiger partial charge in [0.25, 0.3) is 0 Å². The molecule has 0 aliphatic carbocycles. The van der Waals surface area contributed by atoms with Crippen LogP contribution in [0.5, 0.6) is 0 Å². The Balaban J connectivity index is 1.77. The molecule has 0 atom stereocenters. The molecule has 2 fully saturated rings. The molecule has 0 radical (unpaired) electrons. The van der Waals surface area contributed by atoms with Crippen molar-refractivity contribution < 1.29 is 4.79 Å². The van der Waals surface area contributed by atoms with Gasteiger partial charge in [0.05, 0.1) is 6.67 Å². The summed E-state index contributed by atoms with van der Waals surface area (Å²) in [5, 5.41) is 0. The monoisotopic (exact) mass is 315 g/mol. The fraction of sp³-hybridized carbons (Fsp3) is 0.857. The van der Waals surface area contributed by atoms with Crippen LogP contribution in [-0.2, 0) is 4.79 Å². The molecule has 0 aromatic heterocycles. The Kier molecular flexibility index (Phi) is 6.11. The molecule has 0 aromatic carbocycles.